The van der Waals surface area contributed by atoms with Crippen LogP contribution in [0.4, 0.5) is 10.5 Å². The molecule has 1 aromatic rings. The maximum Gasteiger partial charge on any atom is 0.422 e. The highest BCUT2D eigenvalue weighted by molar-refractivity contribution is 7.91. The zero-order valence-electron chi connectivity index (χ0n) is 10.5. The van der Waals surface area contributed by atoms with Gasteiger partial charge >= 0.3 is 16.3 Å². The fourth-order valence-corrected chi connectivity index (χ4v) is 2.29. The third kappa shape index (κ3) is 5.35. The predicted molar refractivity (Wildman–Crippen MR) is 73.3 cm³/mol. The molecule has 0 spiro atoms. The zero-order valence-corrected chi connectivity index (χ0v) is 12.1. The van der Waals surface area contributed by atoms with Gasteiger partial charge in [-0.15, -0.1) is 11.6 Å². The number of hydrogen-bond acceptors (Lipinski definition) is 4. The van der Waals surface area contributed by atoms with Crippen molar-refractivity contribution < 1.29 is 17.9 Å². The highest BCUT2D eigenvalue weighted by Crippen LogP contribution is 2.17. The summed E-state index contributed by atoms with van der Waals surface area (Å²) in [7, 11) is -4.05. The first-order valence-electron chi connectivity index (χ1n) is 5.49. The topological polar surface area (TPSA) is 84.5 Å². The van der Waals surface area contributed by atoms with Crippen molar-refractivity contribution in [1.82, 2.24) is 4.72 Å². The SMILES string of the molecule is CC(C)OC(=O)NS(=O)(=O)Nc1ccccc1CCl. The molecule has 2 N–H and O–H groups in total. The van der Waals surface area contributed by atoms with E-state index in [9.17, 15) is 13.2 Å². The molecule has 0 aromatic heterocycles. The lowest BCUT2D eigenvalue weighted by Crippen LogP contribution is -2.37. The van der Waals surface area contributed by atoms with E-state index in [2.05, 4.69) is 9.46 Å². The maximum atomic E-state index is 11.7. The van der Waals surface area contributed by atoms with Gasteiger partial charge in [0.05, 0.1) is 11.8 Å². The van der Waals surface area contributed by atoms with Crippen molar-refractivity contribution in [3.8, 4) is 0 Å². The van der Waals surface area contributed by atoms with Crippen LogP contribution in [0.25, 0.3) is 0 Å². The van der Waals surface area contributed by atoms with Gasteiger partial charge in [0.15, 0.2) is 0 Å². The monoisotopic (exact) mass is 306 g/mol. The van der Waals surface area contributed by atoms with Crippen LogP contribution in [-0.4, -0.2) is 20.6 Å². The summed E-state index contributed by atoms with van der Waals surface area (Å²) in [6, 6.07) is 6.61. The van der Waals surface area contributed by atoms with E-state index in [4.69, 9.17) is 11.6 Å². The Hall–Kier alpha value is -1.47. The van der Waals surface area contributed by atoms with E-state index in [1.807, 2.05) is 0 Å². The fraction of sp³-hybridized carbons (Fsp3) is 0.364. The highest BCUT2D eigenvalue weighted by Gasteiger charge is 2.17. The van der Waals surface area contributed by atoms with Gasteiger partial charge in [-0.1, -0.05) is 18.2 Å². The summed E-state index contributed by atoms with van der Waals surface area (Å²) in [5.74, 6) is 0.148. The van der Waals surface area contributed by atoms with Gasteiger partial charge in [0.2, 0.25) is 0 Å². The van der Waals surface area contributed by atoms with E-state index >= 15 is 0 Å². The minimum absolute atomic E-state index is 0.148. The maximum absolute atomic E-state index is 11.7. The summed E-state index contributed by atoms with van der Waals surface area (Å²) < 4.78 is 32.0. The number of carbonyl (C=O) groups excluding carboxylic acids is 1. The summed E-state index contributed by atoms with van der Waals surface area (Å²) in [6.45, 7) is 3.23. The number of halogens is 1. The van der Waals surface area contributed by atoms with Crippen molar-refractivity contribution in [1.29, 1.82) is 0 Å². The van der Waals surface area contributed by atoms with E-state index in [0.29, 0.717) is 11.3 Å². The van der Waals surface area contributed by atoms with E-state index in [1.54, 1.807) is 42.8 Å². The van der Waals surface area contributed by atoms with Crippen molar-refractivity contribution in [2.75, 3.05) is 4.72 Å². The number of hydrogen-bond donors (Lipinski definition) is 2. The van der Waals surface area contributed by atoms with Crippen LogP contribution in [-0.2, 0) is 20.8 Å². The Morgan fingerprint density at radius 3 is 2.58 bits per heavy atom. The minimum Gasteiger partial charge on any atom is -0.446 e. The van der Waals surface area contributed by atoms with Crippen LogP contribution >= 0.6 is 11.6 Å². The Kier molecular flexibility index (Phi) is 5.44. The number of alkyl halides is 1. The smallest absolute Gasteiger partial charge is 0.422 e. The Morgan fingerprint density at radius 2 is 2.00 bits per heavy atom. The first-order chi connectivity index (χ1) is 8.84. The lowest BCUT2D eigenvalue weighted by Gasteiger charge is -2.13. The number of anilines is 1. The van der Waals surface area contributed by atoms with E-state index in [0.717, 1.165) is 0 Å². The molecule has 0 aliphatic rings. The highest BCUT2D eigenvalue weighted by atomic mass is 35.5. The van der Waals surface area contributed by atoms with E-state index < -0.39 is 22.4 Å². The quantitative estimate of drug-likeness (QED) is 0.817. The molecule has 0 fully saturated rings. The van der Waals surface area contributed by atoms with Gasteiger partial charge in [-0.2, -0.15) is 8.42 Å². The largest absolute Gasteiger partial charge is 0.446 e. The molecular weight excluding hydrogens is 292 g/mol. The molecule has 19 heavy (non-hydrogen) atoms. The second-order valence-electron chi connectivity index (χ2n) is 3.95. The molecule has 0 saturated carbocycles. The number of carbonyl (C=O) groups is 1. The van der Waals surface area contributed by atoms with Crippen LogP contribution in [0.1, 0.15) is 19.4 Å². The Balaban J connectivity index is 2.77. The number of ether oxygens (including phenoxy) is 1. The Bertz CT molecular complexity index is 545. The third-order valence-corrected chi connectivity index (χ3v) is 3.18. The first-order valence-corrected chi connectivity index (χ1v) is 7.51. The number of amides is 1. The van der Waals surface area contributed by atoms with Gasteiger partial charge < -0.3 is 4.74 Å². The molecule has 0 atom stereocenters. The Labute approximate surface area is 117 Å². The summed E-state index contributed by atoms with van der Waals surface area (Å²) in [5.41, 5.74) is 0.911. The molecule has 0 bridgehead atoms. The standard InChI is InChI=1S/C11H15ClN2O4S/c1-8(2)18-11(15)14-19(16,17)13-10-6-4-3-5-9(10)7-12/h3-6,8,13H,7H2,1-2H3,(H,14,15). The molecule has 1 amide bonds. The van der Waals surface area contributed by atoms with E-state index in [-0.39, 0.29) is 5.88 Å². The van der Waals surface area contributed by atoms with Crippen LogP contribution in [0.5, 0.6) is 0 Å². The molecule has 0 unspecified atom stereocenters. The summed E-state index contributed by atoms with van der Waals surface area (Å²) in [6.07, 6.45) is -1.45. The molecule has 0 heterocycles. The average Bonchev–Trinajstić information content (AvgIpc) is 2.26. The van der Waals surface area contributed by atoms with Gasteiger partial charge in [-0.05, 0) is 25.5 Å². The van der Waals surface area contributed by atoms with Gasteiger partial charge in [0, 0.05) is 5.88 Å². The van der Waals surface area contributed by atoms with Gasteiger partial charge in [-0.3, -0.25) is 4.72 Å². The van der Waals surface area contributed by atoms with E-state index in [1.165, 1.54) is 0 Å². The number of rotatable bonds is 5. The molecule has 0 radical (unpaired) electrons. The number of para-hydroxylation sites is 1. The van der Waals surface area contributed by atoms with Crippen molar-refractivity contribution >= 4 is 33.6 Å². The van der Waals surface area contributed by atoms with Crippen LogP contribution < -0.4 is 9.44 Å². The number of benzene rings is 1. The van der Waals surface area contributed by atoms with Gasteiger partial charge in [-0.25, -0.2) is 9.52 Å². The van der Waals surface area contributed by atoms with Crippen LogP contribution in [0.3, 0.4) is 0 Å². The second kappa shape index (κ2) is 6.63. The van der Waals surface area contributed by atoms with Crippen LogP contribution in [0, 0.1) is 0 Å². The molecule has 0 saturated heterocycles. The average molecular weight is 307 g/mol. The lowest BCUT2D eigenvalue weighted by atomic mass is 10.2. The molecule has 8 heteroatoms. The summed E-state index contributed by atoms with van der Waals surface area (Å²) >= 11 is 5.69. The molecule has 1 rings (SSSR count). The molecule has 1 aromatic carbocycles. The van der Waals surface area contributed by atoms with Crippen molar-refractivity contribution in [2.45, 2.75) is 25.8 Å². The summed E-state index contributed by atoms with van der Waals surface area (Å²) in [4.78, 5) is 11.2. The normalized spacial score (nSPS) is 11.2. The summed E-state index contributed by atoms with van der Waals surface area (Å²) in [5, 5.41) is 0. The van der Waals surface area contributed by atoms with Crippen LogP contribution in [0.2, 0.25) is 0 Å². The van der Waals surface area contributed by atoms with Gasteiger partial charge in [0.25, 0.3) is 0 Å². The molecule has 0 aliphatic carbocycles. The van der Waals surface area contributed by atoms with Crippen molar-refractivity contribution in [3.05, 3.63) is 29.8 Å². The fourth-order valence-electron chi connectivity index (χ4n) is 1.25. The van der Waals surface area contributed by atoms with Crippen molar-refractivity contribution in [3.63, 3.8) is 0 Å². The molecule has 106 valence electrons. The third-order valence-electron chi connectivity index (χ3n) is 1.97. The molecule has 0 aliphatic heterocycles. The van der Waals surface area contributed by atoms with Crippen molar-refractivity contribution in [2.24, 2.45) is 0 Å². The zero-order chi connectivity index (χ0) is 14.5. The molecular formula is C11H15ClN2O4S. The Morgan fingerprint density at radius 1 is 1.37 bits per heavy atom. The second-order valence-corrected chi connectivity index (χ2v) is 5.63. The number of nitrogens with one attached hydrogen (secondary N) is 2. The minimum atomic E-state index is -4.05. The lowest BCUT2D eigenvalue weighted by molar-refractivity contribution is 0.121. The van der Waals surface area contributed by atoms with Crippen LogP contribution in [0.15, 0.2) is 24.3 Å². The van der Waals surface area contributed by atoms with Gasteiger partial charge in [0.1, 0.15) is 0 Å². The first kappa shape index (κ1) is 15.6. The predicted octanol–water partition coefficient (Wildman–Crippen LogP) is 2.22. The molecule has 6 nitrogen and oxygen atoms in total.